The van der Waals surface area contributed by atoms with Crippen molar-refractivity contribution in [2.45, 2.75) is 13.3 Å². The molecule has 0 radical (unpaired) electrons. The first-order valence-electron chi connectivity index (χ1n) is 11.3. The van der Waals surface area contributed by atoms with Gasteiger partial charge in [-0.05, 0) is 49.7 Å². The number of likely N-dealkylation sites (tertiary alicyclic amines) is 1. The number of ether oxygens (including phenoxy) is 2. The van der Waals surface area contributed by atoms with Crippen LogP contribution >= 0.6 is 11.3 Å². The van der Waals surface area contributed by atoms with Crippen LogP contribution in [-0.4, -0.2) is 52.0 Å². The van der Waals surface area contributed by atoms with E-state index >= 15 is 0 Å². The fourth-order valence-electron chi connectivity index (χ4n) is 3.78. The molecule has 1 atom stereocenters. The molecule has 184 valence electrons. The van der Waals surface area contributed by atoms with Crippen LogP contribution in [-0.2, 0) is 4.79 Å². The van der Waals surface area contributed by atoms with E-state index in [0.717, 1.165) is 16.9 Å². The fraction of sp³-hybridized carbons (Fsp3) is 0.240. The van der Waals surface area contributed by atoms with Crippen LogP contribution in [0.25, 0.3) is 11.5 Å². The highest BCUT2D eigenvalue weighted by molar-refractivity contribution is 7.15. The van der Waals surface area contributed by atoms with Crippen molar-refractivity contribution in [3.05, 3.63) is 65.4 Å². The number of hydrogen-bond acceptors (Lipinski definition) is 9. The molecule has 10 nitrogen and oxygen atoms in total. The number of amides is 2. The number of thiazole rings is 1. The van der Waals surface area contributed by atoms with Crippen LogP contribution < -0.4 is 14.8 Å². The van der Waals surface area contributed by atoms with E-state index in [9.17, 15) is 9.59 Å². The van der Waals surface area contributed by atoms with Gasteiger partial charge in [-0.2, -0.15) is 4.98 Å². The molecule has 1 N–H and O–H groups in total. The lowest BCUT2D eigenvalue weighted by molar-refractivity contribution is -0.130. The predicted molar refractivity (Wildman–Crippen MR) is 132 cm³/mol. The minimum absolute atomic E-state index is 0.0563. The minimum Gasteiger partial charge on any atom is -0.493 e. The number of carbonyl (C=O) groups is 2. The Balaban J connectivity index is 1.36. The second kappa shape index (κ2) is 10.2. The van der Waals surface area contributed by atoms with Crippen molar-refractivity contribution >= 4 is 28.3 Å². The molecule has 1 aliphatic heterocycles. The summed E-state index contributed by atoms with van der Waals surface area (Å²) in [6.07, 6.45) is 3.76. The van der Waals surface area contributed by atoms with Gasteiger partial charge >= 0.3 is 0 Å². The van der Waals surface area contributed by atoms with Crippen molar-refractivity contribution in [1.82, 2.24) is 20.0 Å². The molecule has 2 aromatic heterocycles. The summed E-state index contributed by atoms with van der Waals surface area (Å²) in [5.74, 6) is 1.29. The van der Waals surface area contributed by atoms with E-state index in [-0.39, 0.29) is 24.3 Å². The Labute approximate surface area is 210 Å². The fourth-order valence-corrected chi connectivity index (χ4v) is 4.43. The number of nitrogens with one attached hydrogen (secondary N) is 1. The number of aromatic nitrogens is 3. The molecule has 4 aromatic rings. The highest BCUT2D eigenvalue weighted by atomic mass is 32.1. The van der Waals surface area contributed by atoms with Gasteiger partial charge in [0, 0.05) is 41.9 Å². The molecule has 0 spiro atoms. The van der Waals surface area contributed by atoms with E-state index < -0.39 is 0 Å². The number of benzene rings is 2. The third-order valence-electron chi connectivity index (χ3n) is 5.67. The Morgan fingerprint density at radius 3 is 2.64 bits per heavy atom. The van der Waals surface area contributed by atoms with Crippen LogP contribution in [0.1, 0.15) is 21.7 Å². The van der Waals surface area contributed by atoms with Gasteiger partial charge in [0.1, 0.15) is 17.2 Å². The first kappa shape index (κ1) is 23.5. The third kappa shape index (κ3) is 5.36. The van der Waals surface area contributed by atoms with Crippen LogP contribution in [0.3, 0.4) is 0 Å². The Morgan fingerprint density at radius 1 is 1.17 bits per heavy atom. The van der Waals surface area contributed by atoms with Gasteiger partial charge in [-0.25, -0.2) is 4.98 Å². The molecule has 2 amide bonds. The van der Waals surface area contributed by atoms with Gasteiger partial charge in [0.25, 0.3) is 11.8 Å². The molecule has 3 heterocycles. The zero-order valence-corrected chi connectivity index (χ0v) is 20.4. The van der Waals surface area contributed by atoms with Crippen molar-refractivity contribution in [3.63, 3.8) is 0 Å². The monoisotopic (exact) mass is 505 g/mol. The summed E-state index contributed by atoms with van der Waals surface area (Å²) in [5, 5.41) is 6.92. The number of anilines is 1. The van der Waals surface area contributed by atoms with Gasteiger partial charge in [0.05, 0.1) is 12.5 Å². The van der Waals surface area contributed by atoms with Crippen LogP contribution in [0.4, 0.5) is 5.13 Å². The molecule has 5 rings (SSSR count). The molecule has 11 heteroatoms. The summed E-state index contributed by atoms with van der Waals surface area (Å²) in [5.41, 5.74) is 1.09. The first-order chi connectivity index (χ1) is 17.4. The molecular formula is C25H23N5O5S. The first-order valence-corrected chi connectivity index (χ1v) is 12.1. The largest absolute Gasteiger partial charge is 0.493 e. The Morgan fingerprint density at radius 2 is 1.97 bits per heavy atom. The maximum Gasteiger partial charge on any atom is 0.257 e. The Kier molecular flexibility index (Phi) is 6.63. The zero-order valence-electron chi connectivity index (χ0n) is 19.6. The van der Waals surface area contributed by atoms with E-state index in [1.807, 2.05) is 6.92 Å². The number of aryl methyl sites for hydroxylation is 1. The molecule has 1 unspecified atom stereocenters. The van der Waals surface area contributed by atoms with E-state index in [0.29, 0.717) is 40.4 Å². The lowest BCUT2D eigenvalue weighted by Gasteiger charge is -2.14. The maximum atomic E-state index is 13.0. The highest BCUT2D eigenvalue weighted by Gasteiger charge is 2.29. The second-order valence-electron chi connectivity index (χ2n) is 8.35. The van der Waals surface area contributed by atoms with Gasteiger partial charge in [-0.1, -0.05) is 5.16 Å². The third-order valence-corrected chi connectivity index (χ3v) is 6.50. The Hall–Kier alpha value is -4.25. The number of nitrogens with zero attached hydrogens (tertiary/aromatic N) is 4. The summed E-state index contributed by atoms with van der Waals surface area (Å²) in [7, 11) is 1.78. The second-order valence-corrected chi connectivity index (χ2v) is 9.59. The maximum absolute atomic E-state index is 13.0. The SMILES string of the molecule is Cc1cnc(NC(=O)c2cc(OCC3CCN(C)C3=O)cc(Oc3ccc(-c4ncno4)cc3)c2)s1. The summed E-state index contributed by atoms with van der Waals surface area (Å²) in [6, 6.07) is 12.1. The molecule has 1 fully saturated rings. The predicted octanol–water partition coefficient (Wildman–Crippen LogP) is 4.40. The molecule has 36 heavy (non-hydrogen) atoms. The molecule has 1 saturated heterocycles. The quantitative estimate of drug-likeness (QED) is 0.374. The van der Waals surface area contributed by atoms with Gasteiger partial charge in [0.2, 0.25) is 5.91 Å². The number of hydrogen-bond donors (Lipinski definition) is 1. The van der Waals surface area contributed by atoms with E-state index in [1.54, 1.807) is 60.6 Å². The lowest BCUT2D eigenvalue weighted by Crippen LogP contribution is -2.25. The van der Waals surface area contributed by atoms with Crippen molar-refractivity contribution < 1.29 is 23.6 Å². The van der Waals surface area contributed by atoms with Crippen molar-refractivity contribution in [1.29, 1.82) is 0 Å². The van der Waals surface area contributed by atoms with E-state index in [1.165, 1.54) is 17.7 Å². The lowest BCUT2D eigenvalue weighted by atomic mass is 10.1. The van der Waals surface area contributed by atoms with Gasteiger partial charge in [-0.3, -0.25) is 14.9 Å². The molecule has 0 bridgehead atoms. The summed E-state index contributed by atoms with van der Waals surface area (Å²) < 4.78 is 17.1. The highest BCUT2D eigenvalue weighted by Crippen LogP contribution is 2.30. The van der Waals surface area contributed by atoms with Crippen LogP contribution in [0, 0.1) is 12.8 Å². The zero-order chi connectivity index (χ0) is 25.1. The average Bonchev–Trinajstić information content (AvgIpc) is 3.62. The molecule has 0 aliphatic carbocycles. The molecule has 2 aromatic carbocycles. The summed E-state index contributed by atoms with van der Waals surface area (Å²) in [6.45, 7) is 2.84. The molecule has 0 saturated carbocycles. The van der Waals surface area contributed by atoms with Gasteiger partial charge in [-0.15, -0.1) is 11.3 Å². The Bertz CT molecular complexity index is 1370. The average molecular weight is 506 g/mol. The number of rotatable bonds is 8. The van der Waals surface area contributed by atoms with Crippen molar-refractivity contribution in [3.8, 4) is 28.7 Å². The topological polar surface area (TPSA) is 120 Å². The van der Waals surface area contributed by atoms with Crippen LogP contribution in [0.15, 0.2) is 59.5 Å². The van der Waals surface area contributed by atoms with Crippen LogP contribution in [0.5, 0.6) is 17.2 Å². The van der Waals surface area contributed by atoms with E-state index in [2.05, 4.69) is 20.4 Å². The van der Waals surface area contributed by atoms with E-state index in [4.69, 9.17) is 14.0 Å². The minimum atomic E-state index is -0.344. The van der Waals surface area contributed by atoms with Crippen molar-refractivity contribution in [2.75, 3.05) is 25.5 Å². The number of carbonyl (C=O) groups excluding carboxylic acids is 2. The normalized spacial score (nSPS) is 15.2. The van der Waals surface area contributed by atoms with Crippen LogP contribution in [0.2, 0.25) is 0 Å². The van der Waals surface area contributed by atoms with Gasteiger partial charge in [0.15, 0.2) is 11.5 Å². The van der Waals surface area contributed by atoms with Gasteiger partial charge < -0.3 is 18.9 Å². The summed E-state index contributed by atoms with van der Waals surface area (Å²) in [4.78, 5) is 36.1. The molecule has 1 aliphatic rings. The summed E-state index contributed by atoms with van der Waals surface area (Å²) >= 11 is 1.38. The molecular weight excluding hydrogens is 482 g/mol. The smallest absolute Gasteiger partial charge is 0.257 e. The standard InChI is InChI=1S/C25H23N5O5S/c1-15-12-26-25(36-15)29-22(31)18-9-20(33-13-17-7-8-30(2)24(17)32)11-21(10-18)34-19-5-3-16(4-6-19)23-27-14-28-35-23/h3-6,9-12,14,17H,7-8,13H2,1-2H3,(H,26,29,31). The van der Waals surface area contributed by atoms with Crippen molar-refractivity contribution in [2.24, 2.45) is 5.92 Å².